The zero-order valence-corrected chi connectivity index (χ0v) is 25.0. The van der Waals surface area contributed by atoms with Crippen LogP contribution in [0.4, 0.5) is 10.1 Å². The van der Waals surface area contributed by atoms with Crippen LogP contribution >= 0.6 is 11.6 Å². The Bertz CT molecular complexity index is 1410. The highest BCUT2D eigenvalue weighted by Gasteiger charge is 2.31. The number of anilines is 1. The van der Waals surface area contributed by atoms with Crippen LogP contribution in [0.2, 0.25) is 5.02 Å². The molecule has 0 heterocycles. The molecule has 2 amide bonds. The number of hydrogen-bond acceptors (Lipinski definition) is 4. The van der Waals surface area contributed by atoms with E-state index in [0.717, 1.165) is 24.7 Å². The number of nitrogens with one attached hydrogen (secondary N) is 1. The first-order chi connectivity index (χ1) is 19.6. The summed E-state index contributed by atoms with van der Waals surface area (Å²) in [5, 5.41) is 3.32. The molecule has 1 N–H and O–H groups in total. The lowest BCUT2D eigenvalue weighted by atomic mass is 10.0. The van der Waals surface area contributed by atoms with Crippen LogP contribution in [0.25, 0.3) is 0 Å². The monoisotopic (exact) mass is 601 g/mol. The van der Waals surface area contributed by atoms with Crippen molar-refractivity contribution in [1.82, 2.24) is 10.2 Å². The highest BCUT2D eigenvalue weighted by atomic mass is 35.5. The first kappa shape index (κ1) is 32.1. The maximum absolute atomic E-state index is 14.7. The molecule has 0 radical (unpaired) electrons. The second-order valence-corrected chi connectivity index (χ2v) is 12.2. The van der Waals surface area contributed by atoms with Gasteiger partial charge in [0.2, 0.25) is 21.8 Å². The zero-order chi connectivity index (χ0) is 29.8. The molecule has 0 saturated carbocycles. The zero-order valence-electron chi connectivity index (χ0n) is 23.4. The van der Waals surface area contributed by atoms with Crippen LogP contribution in [0.3, 0.4) is 0 Å². The summed E-state index contributed by atoms with van der Waals surface area (Å²) in [7, 11) is -3.65. The third kappa shape index (κ3) is 9.86. The highest BCUT2D eigenvalue weighted by Crippen LogP contribution is 2.23. The molecule has 0 spiro atoms. The van der Waals surface area contributed by atoms with Gasteiger partial charge in [-0.1, -0.05) is 79.5 Å². The van der Waals surface area contributed by atoms with E-state index in [-0.39, 0.29) is 49.7 Å². The van der Waals surface area contributed by atoms with Crippen molar-refractivity contribution in [1.29, 1.82) is 0 Å². The summed E-state index contributed by atoms with van der Waals surface area (Å²) >= 11 is 6.08. The van der Waals surface area contributed by atoms with E-state index in [1.165, 1.54) is 15.3 Å². The summed E-state index contributed by atoms with van der Waals surface area (Å²) in [6.45, 7) is 2.41. The molecule has 10 heteroatoms. The maximum Gasteiger partial charge on any atom is 0.243 e. The van der Waals surface area contributed by atoms with Gasteiger partial charge in [-0.15, -0.1) is 0 Å². The predicted octanol–water partition coefficient (Wildman–Crippen LogP) is 5.58. The molecule has 0 aliphatic rings. The standard InChI is InChI=1S/C31H37ClFN3O4S/c1-3-4-19-34-31(38)29(21-24-12-6-5-7-13-24)35(23-25-14-8-9-17-28(25)33)30(37)18-11-20-36(41(2,39)40)27-16-10-15-26(32)22-27/h5-10,12-17,22,29H,3-4,11,18-21,23H2,1-2H3,(H,34,38)/t29-/m0/s1. The van der Waals surface area contributed by atoms with Gasteiger partial charge in [0, 0.05) is 43.1 Å². The number of benzene rings is 3. The van der Waals surface area contributed by atoms with Crippen LogP contribution in [0.5, 0.6) is 0 Å². The van der Waals surface area contributed by atoms with Gasteiger partial charge < -0.3 is 10.2 Å². The molecule has 3 aromatic carbocycles. The number of rotatable bonds is 15. The smallest absolute Gasteiger partial charge is 0.243 e. The van der Waals surface area contributed by atoms with Gasteiger partial charge in [0.05, 0.1) is 11.9 Å². The summed E-state index contributed by atoms with van der Waals surface area (Å²) in [5.41, 5.74) is 1.54. The van der Waals surface area contributed by atoms with Gasteiger partial charge in [-0.25, -0.2) is 12.8 Å². The Morgan fingerprint density at radius 3 is 2.34 bits per heavy atom. The predicted molar refractivity (Wildman–Crippen MR) is 162 cm³/mol. The van der Waals surface area contributed by atoms with E-state index in [2.05, 4.69) is 5.32 Å². The van der Waals surface area contributed by atoms with Crippen molar-refractivity contribution in [3.8, 4) is 0 Å². The summed E-state index contributed by atoms with van der Waals surface area (Å²) in [6, 6.07) is 21.1. The average molecular weight is 602 g/mol. The first-order valence-electron chi connectivity index (χ1n) is 13.7. The lowest BCUT2D eigenvalue weighted by Crippen LogP contribution is -2.50. The molecule has 0 bridgehead atoms. The fraction of sp³-hybridized carbons (Fsp3) is 0.355. The highest BCUT2D eigenvalue weighted by molar-refractivity contribution is 7.92. The van der Waals surface area contributed by atoms with E-state index in [0.29, 0.717) is 17.3 Å². The number of hydrogen-bond donors (Lipinski definition) is 1. The SMILES string of the molecule is CCCCNC(=O)[C@H](Cc1ccccc1)N(Cc1ccccc1F)C(=O)CCCN(c1cccc(Cl)c1)S(C)(=O)=O. The van der Waals surface area contributed by atoms with Crippen molar-refractivity contribution in [3.05, 3.63) is 101 Å². The maximum atomic E-state index is 14.7. The minimum Gasteiger partial charge on any atom is -0.354 e. The van der Waals surface area contributed by atoms with Crippen molar-refractivity contribution in [2.24, 2.45) is 0 Å². The van der Waals surface area contributed by atoms with Crippen LogP contribution in [0.15, 0.2) is 78.9 Å². The lowest BCUT2D eigenvalue weighted by molar-refractivity contribution is -0.141. The number of nitrogens with zero attached hydrogens (tertiary/aromatic N) is 2. The molecule has 3 aromatic rings. The molecule has 1 atom stereocenters. The molecule has 220 valence electrons. The molecule has 0 saturated heterocycles. The Balaban J connectivity index is 1.88. The summed E-state index contributed by atoms with van der Waals surface area (Å²) < 4.78 is 41.0. The Morgan fingerprint density at radius 2 is 1.68 bits per heavy atom. The second-order valence-electron chi connectivity index (χ2n) is 9.88. The largest absolute Gasteiger partial charge is 0.354 e. The van der Waals surface area contributed by atoms with E-state index >= 15 is 0 Å². The summed E-state index contributed by atoms with van der Waals surface area (Å²) in [6.07, 6.45) is 3.16. The van der Waals surface area contributed by atoms with Gasteiger partial charge in [0.1, 0.15) is 11.9 Å². The minimum atomic E-state index is -3.65. The molecule has 0 aliphatic heterocycles. The number of carbonyl (C=O) groups is 2. The Labute approximate surface area is 247 Å². The van der Waals surface area contributed by atoms with Gasteiger partial charge in [-0.3, -0.25) is 13.9 Å². The van der Waals surface area contributed by atoms with Crippen LogP contribution in [-0.2, 0) is 32.6 Å². The van der Waals surface area contributed by atoms with Crippen LogP contribution in [0, 0.1) is 5.82 Å². The molecule has 3 rings (SSSR count). The molecule has 0 unspecified atom stereocenters. The number of carbonyl (C=O) groups excluding carboxylic acids is 2. The molecule has 0 aromatic heterocycles. The normalized spacial score (nSPS) is 12.0. The fourth-order valence-corrected chi connectivity index (χ4v) is 5.65. The minimum absolute atomic E-state index is 0.0322. The third-order valence-electron chi connectivity index (χ3n) is 6.65. The summed E-state index contributed by atoms with van der Waals surface area (Å²) in [4.78, 5) is 28.7. The second kappa shape index (κ2) is 15.5. The Kier molecular flexibility index (Phi) is 12.2. The number of unbranched alkanes of at least 4 members (excludes halogenated alkanes) is 1. The van der Waals surface area contributed by atoms with Crippen molar-refractivity contribution in [3.63, 3.8) is 0 Å². The number of amides is 2. The first-order valence-corrected chi connectivity index (χ1v) is 15.9. The lowest BCUT2D eigenvalue weighted by Gasteiger charge is -2.32. The molecule has 0 aliphatic carbocycles. The fourth-order valence-electron chi connectivity index (χ4n) is 4.51. The van der Waals surface area contributed by atoms with E-state index in [9.17, 15) is 22.4 Å². The van der Waals surface area contributed by atoms with Gasteiger partial charge >= 0.3 is 0 Å². The van der Waals surface area contributed by atoms with Crippen LogP contribution < -0.4 is 9.62 Å². The molecular weight excluding hydrogens is 565 g/mol. The number of sulfonamides is 1. The topological polar surface area (TPSA) is 86.8 Å². The van der Waals surface area contributed by atoms with Crippen molar-refractivity contribution < 1.29 is 22.4 Å². The Hall–Kier alpha value is -3.43. The van der Waals surface area contributed by atoms with Gasteiger partial charge in [-0.2, -0.15) is 0 Å². The van der Waals surface area contributed by atoms with Gasteiger partial charge in [0.25, 0.3) is 0 Å². The molecular formula is C31H37ClFN3O4S. The van der Waals surface area contributed by atoms with Crippen molar-refractivity contribution in [2.45, 2.75) is 51.6 Å². The van der Waals surface area contributed by atoms with Crippen LogP contribution in [0.1, 0.15) is 43.7 Å². The Morgan fingerprint density at radius 1 is 0.976 bits per heavy atom. The quantitative estimate of drug-likeness (QED) is 0.230. The summed E-state index contributed by atoms with van der Waals surface area (Å²) in [5.74, 6) is -1.16. The molecule has 41 heavy (non-hydrogen) atoms. The molecule has 7 nitrogen and oxygen atoms in total. The number of halogens is 2. The van der Waals surface area contributed by atoms with E-state index in [1.807, 2.05) is 37.3 Å². The average Bonchev–Trinajstić information content (AvgIpc) is 2.93. The van der Waals surface area contributed by atoms with Crippen LogP contribution in [-0.4, -0.2) is 50.5 Å². The van der Waals surface area contributed by atoms with E-state index in [1.54, 1.807) is 42.5 Å². The van der Waals surface area contributed by atoms with Gasteiger partial charge in [-0.05, 0) is 42.7 Å². The van der Waals surface area contributed by atoms with Gasteiger partial charge in [0.15, 0.2) is 0 Å². The molecule has 0 fully saturated rings. The van der Waals surface area contributed by atoms with E-state index < -0.39 is 21.9 Å². The van der Waals surface area contributed by atoms with Crippen molar-refractivity contribution in [2.75, 3.05) is 23.7 Å². The third-order valence-corrected chi connectivity index (χ3v) is 8.08. The van der Waals surface area contributed by atoms with E-state index in [4.69, 9.17) is 11.6 Å². The van der Waals surface area contributed by atoms with Crippen molar-refractivity contribution >= 4 is 39.1 Å².